The lowest BCUT2D eigenvalue weighted by molar-refractivity contribution is -0.00266. The van der Waals surface area contributed by atoms with Crippen molar-refractivity contribution >= 4 is 15.9 Å². The topological polar surface area (TPSA) is 75.7 Å². The number of ether oxygens (including phenoxy) is 1. The van der Waals surface area contributed by atoms with Crippen LogP contribution in [0.15, 0.2) is 0 Å². The zero-order valence-corrected chi connectivity index (χ0v) is 14.4. The number of nitrogens with one attached hydrogen (secondary N) is 1. The molecule has 2 rings (SSSR count). The number of hydrogen-bond acceptors (Lipinski definition) is 4. The molecular formula is C15H28N2O4S. The normalized spacial score (nSPS) is 29.5. The van der Waals surface area contributed by atoms with Crippen LogP contribution in [0.25, 0.3) is 0 Å². The van der Waals surface area contributed by atoms with Crippen LogP contribution in [0.5, 0.6) is 0 Å². The van der Waals surface area contributed by atoms with Crippen LogP contribution >= 0.6 is 0 Å². The SMILES string of the molecule is C[C@@H]1CCCC[C@H]1OCCNC(=O)N1CC[C@@H](S(C)(=O)=O)C1. The molecule has 0 aromatic carbocycles. The lowest BCUT2D eigenvalue weighted by atomic mass is 9.88. The number of carbonyl (C=O) groups excluding carboxylic acids is 1. The van der Waals surface area contributed by atoms with Crippen LogP contribution in [0.2, 0.25) is 0 Å². The summed E-state index contributed by atoms with van der Waals surface area (Å²) in [7, 11) is -3.06. The Morgan fingerprint density at radius 1 is 1.27 bits per heavy atom. The van der Waals surface area contributed by atoms with E-state index in [1.165, 1.54) is 25.5 Å². The van der Waals surface area contributed by atoms with Gasteiger partial charge in [-0.1, -0.05) is 19.8 Å². The van der Waals surface area contributed by atoms with Gasteiger partial charge in [-0.15, -0.1) is 0 Å². The van der Waals surface area contributed by atoms with E-state index in [-0.39, 0.29) is 6.03 Å². The second-order valence-corrected chi connectivity index (χ2v) is 8.91. The van der Waals surface area contributed by atoms with Gasteiger partial charge >= 0.3 is 6.03 Å². The van der Waals surface area contributed by atoms with Crippen LogP contribution < -0.4 is 5.32 Å². The number of sulfone groups is 1. The summed E-state index contributed by atoms with van der Waals surface area (Å²) in [5.74, 6) is 0.596. The van der Waals surface area contributed by atoms with Gasteiger partial charge in [0.25, 0.3) is 0 Å². The summed E-state index contributed by atoms with van der Waals surface area (Å²) in [6, 6.07) is -0.188. The summed E-state index contributed by atoms with van der Waals surface area (Å²) in [5, 5.41) is 2.40. The molecular weight excluding hydrogens is 304 g/mol. The van der Waals surface area contributed by atoms with E-state index in [2.05, 4.69) is 12.2 Å². The van der Waals surface area contributed by atoms with Gasteiger partial charge in [0.1, 0.15) is 0 Å². The Morgan fingerprint density at radius 3 is 2.64 bits per heavy atom. The Kier molecular flexibility index (Phi) is 6.09. The van der Waals surface area contributed by atoms with E-state index in [0.717, 1.165) is 6.42 Å². The van der Waals surface area contributed by atoms with Gasteiger partial charge in [0, 0.05) is 25.9 Å². The van der Waals surface area contributed by atoms with Crippen molar-refractivity contribution in [3.8, 4) is 0 Å². The van der Waals surface area contributed by atoms with Crippen LogP contribution in [0.4, 0.5) is 4.79 Å². The van der Waals surface area contributed by atoms with E-state index < -0.39 is 15.1 Å². The van der Waals surface area contributed by atoms with Gasteiger partial charge in [-0.3, -0.25) is 0 Å². The van der Waals surface area contributed by atoms with Gasteiger partial charge in [-0.05, 0) is 25.2 Å². The van der Waals surface area contributed by atoms with Crippen molar-refractivity contribution in [2.45, 2.75) is 50.4 Å². The Hall–Kier alpha value is -0.820. The van der Waals surface area contributed by atoms with Crippen molar-refractivity contribution in [2.75, 3.05) is 32.5 Å². The molecule has 1 saturated heterocycles. The second-order valence-electron chi connectivity index (χ2n) is 6.59. The molecule has 2 amide bonds. The maximum atomic E-state index is 12.0. The molecule has 1 aliphatic carbocycles. The Morgan fingerprint density at radius 2 is 2.00 bits per heavy atom. The van der Waals surface area contributed by atoms with Crippen molar-refractivity contribution in [1.29, 1.82) is 0 Å². The van der Waals surface area contributed by atoms with Crippen molar-refractivity contribution in [3.05, 3.63) is 0 Å². The van der Waals surface area contributed by atoms with Crippen molar-refractivity contribution in [2.24, 2.45) is 5.92 Å². The quantitative estimate of drug-likeness (QED) is 0.772. The number of likely N-dealkylation sites (tertiary alicyclic amines) is 1. The second kappa shape index (κ2) is 7.64. The van der Waals surface area contributed by atoms with E-state index >= 15 is 0 Å². The predicted molar refractivity (Wildman–Crippen MR) is 85.6 cm³/mol. The number of hydrogen-bond donors (Lipinski definition) is 1. The number of urea groups is 1. The molecule has 0 bridgehead atoms. The highest BCUT2D eigenvalue weighted by Crippen LogP contribution is 2.26. The average Bonchev–Trinajstić information content (AvgIpc) is 2.95. The lowest BCUT2D eigenvalue weighted by Gasteiger charge is -2.28. The van der Waals surface area contributed by atoms with Crippen molar-refractivity contribution in [1.82, 2.24) is 10.2 Å². The third-order valence-corrected chi connectivity index (χ3v) is 6.38. The summed E-state index contributed by atoms with van der Waals surface area (Å²) >= 11 is 0. The van der Waals surface area contributed by atoms with Crippen molar-refractivity contribution < 1.29 is 17.9 Å². The van der Waals surface area contributed by atoms with E-state index in [9.17, 15) is 13.2 Å². The van der Waals surface area contributed by atoms with Crippen molar-refractivity contribution in [3.63, 3.8) is 0 Å². The number of carbonyl (C=O) groups is 1. The van der Waals surface area contributed by atoms with E-state index in [4.69, 9.17) is 4.74 Å². The molecule has 2 fully saturated rings. The van der Waals surface area contributed by atoms with Crippen LogP contribution in [-0.2, 0) is 14.6 Å². The molecule has 1 aliphatic heterocycles. The first-order chi connectivity index (χ1) is 10.4. The standard InChI is InChI=1S/C15H28N2O4S/c1-12-5-3-4-6-14(12)21-10-8-16-15(18)17-9-7-13(11-17)22(2,19)20/h12-14H,3-11H2,1-2H3,(H,16,18)/t12-,13-,14-/m1/s1. The molecule has 3 atom stereocenters. The van der Waals surface area contributed by atoms with Crippen LogP contribution in [-0.4, -0.2) is 63.2 Å². The van der Waals surface area contributed by atoms with Crippen LogP contribution in [0, 0.1) is 5.92 Å². The first-order valence-corrected chi connectivity index (χ1v) is 10.2. The van der Waals surface area contributed by atoms with E-state index in [1.807, 2.05) is 0 Å². The molecule has 0 aromatic heterocycles. The van der Waals surface area contributed by atoms with E-state index in [0.29, 0.717) is 44.7 Å². The smallest absolute Gasteiger partial charge is 0.317 e. The molecule has 6 nitrogen and oxygen atoms in total. The first-order valence-electron chi connectivity index (χ1n) is 8.21. The molecule has 2 aliphatic rings. The van der Waals surface area contributed by atoms with Gasteiger partial charge in [-0.2, -0.15) is 0 Å². The highest BCUT2D eigenvalue weighted by Gasteiger charge is 2.32. The molecule has 0 radical (unpaired) electrons. The molecule has 1 heterocycles. The molecule has 1 N–H and O–H groups in total. The molecule has 0 aromatic rings. The first kappa shape index (κ1) is 17.5. The van der Waals surface area contributed by atoms with Gasteiger partial charge in [0.15, 0.2) is 9.84 Å². The predicted octanol–water partition coefficient (Wildman–Crippen LogP) is 1.41. The Bertz CT molecular complexity index is 480. The van der Waals surface area contributed by atoms with Gasteiger partial charge in [-0.25, -0.2) is 13.2 Å². The number of amides is 2. The Balaban J connectivity index is 1.64. The lowest BCUT2D eigenvalue weighted by Crippen LogP contribution is -2.41. The molecule has 0 unspecified atom stereocenters. The largest absolute Gasteiger partial charge is 0.376 e. The maximum absolute atomic E-state index is 12.0. The fourth-order valence-electron chi connectivity index (χ4n) is 3.27. The summed E-state index contributed by atoms with van der Waals surface area (Å²) < 4.78 is 28.8. The third kappa shape index (κ3) is 4.84. The van der Waals surface area contributed by atoms with Gasteiger partial charge < -0.3 is 15.0 Å². The highest BCUT2D eigenvalue weighted by molar-refractivity contribution is 7.91. The van der Waals surface area contributed by atoms with Crippen LogP contribution in [0.1, 0.15) is 39.0 Å². The molecule has 1 saturated carbocycles. The number of nitrogens with zero attached hydrogens (tertiary/aromatic N) is 1. The van der Waals surface area contributed by atoms with Gasteiger partial charge in [0.2, 0.25) is 0 Å². The summed E-state index contributed by atoms with van der Waals surface area (Å²) in [5.41, 5.74) is 0. The monoisotopic (exact) mass is 332 g/mol. The fraction of sp³-hybridized carbons (Fsp3) is 0.933. The fourth-order valence-corrected chi connectivity index (χ4v) is 4.26. The minimum absolute atomic E-state index is 0.188. The van der Waals surface area contributed by atoms with Crippen LogP contribution in [0.3, 0.4) is 0 Å². The minimum atomic E-state index is -3.06. The highest BCUT2D eigenvalue weighted by atomic mass is 32.2. The summed E-state index contributed by atoms with van der Waals surface area (Å²) in [4.78, 5) is 13.6. The molecule has 0 spiro atoms. The van der Waals surface area contributed by atoms with Gasteiger partial charge in [0.05, 0.1) is 18.0 Å². The number of rotatable bonds is 5. The molecule has 7 heteroatoms. The summed E-state index contributed by atoms with van der Waals surface area (Å²) in [6.07, 6.45) is 6.92. The summed E-state index contributed by atoms with van der Waals surface area (Å²) in [6.45, 7) is 4.01. The zero-order chi connectivity index (χ0) is 16.2. The average molecular weight is 332 g/mol. The van der Waals surface area contributed by atoms with E-state index in [1.54, 1.807) is 4.90 Å². The third-order valence-electron chi connectivity index (χ3n) is 4.78. The minimum Gasteiger partial charge on any atom is -0.376 e. The maximum Gasteiger partial charge on any atom is 0.317 e. The molecule has 128 valence electrons. The molecule has 22 heavy (non-hydrogen) atoms. The zero-order valence-electron chi connectivity index (χ0n) is 13.6. The Labute approximate surface area is 133 Å².